The number of benzene rings is 2. The van der Waals surface area contributed by atoms with Crippen molar-refractivity contribution in [3.63, 3.8) is 0 Å². The molecule has 6 nitrogen and oxygen atoms in total. The van der Waals surface area contributed by atoms with Crippen molar-refractivity contribution < 1.29 is 4.79 Å². The number of amides is 1. The molecule has 1 N–H and O–H groups in total. The summed E-state index contributed by atoms with van der Waals surface area (Å²) in [5, 5.41) is 12.9. The number of hydrogen-bond acceptors (Lipinski definition) is 5. The van der Waals surface area contributed by atoms with E-state index < -0.39 is 0 Å². The lowest BCUT2D eigenvalue weighted by Crippen LogP contribution is -2.15. The Labute approximate surface area is 180 Å². The van der Waals surface area contributed by atoms with E-state index in [4.69, 9.17) is 11.6 Å². The average molecular weight is 430 g/mol. The Morgan fingerprint density at radius 3 is 2.62 bits per heavy atom. The summed E-state index contributed by atoms with van der Waals surface area (Å²) in [6.45, 7) is 4.82. The lowest BCUT2D eigenvalue weighted by atomic mass is 10.1. The van der Waals surface area contributed by atoms with Crippen molar-refractivity contribution in [2.75, 3.05) is 30.1 Å². The number of aryl methyl sites for hydroxylation is 1. The Morgan fingerprint density at radius 2 is 1.97 bits per heavy atom. The molecule has 1 amide bonds. The quantitative estimate of drug-likeness (QED) is 0.550. The highest BCUT2D eigenvalue weighted by molar-refractivity contribution is 7.99. The number of halogens is 1. The molecule has 0 atom stereocenters. The predicted octanol–water partition coefficient (Wildman–Crippen LogP) is 4.72. The van der Waals surface area contributed by atoms with Gasteiger partial charge in [-0.2, -0.15) is 0 Å². The average Bonchev–Trinajstić information content (AvgIpc) is 3.09. The number of nitrogens with one attached hydrogen (secondary N) is 1. The van der Waals surface area contributed by atoms with Gasteiger partial charge < -0.3 is 14.8 Å². The molecule has 0 unspecified atom stereocenters. The number of hydrogen-bond donors (Lipinski definition) is 1. The first kappa shape index (κ1) is 21.2. The van der Waals surface area contributed by atoms with E-state index in [9.17, 15) is 4.79 Å². The lowest BCUT2D eigenvalue weighted by Gasteiger charge is -2.15. The molecule has 3 aromatic rings. The summed E-state index contributed by atoms with van der Waals surface area (Å²) in [4.78, 5) is 14.3. The minimum atomic E-state index is -0.119. The first-order valence-corrected chi connectivity index (χ1v) is 10.7. The van der Waals surface area contributed by atoms with Crippen molar-refractivity contribution in [3.8, 4) is 11.4 Å². The highest BCUT2D eigenvalue weighted by Crippen LogP contribution is 2.28. The van der Waals surface area contributed by atoms with Gasteiger partial charge in [-0.3, -0.25) is 4.79 Å². The number of thioether (sulfide) groups is 1. The van der Waals surface area contributed by atoms with Crippen LogP contribution < -0.4 is 10.2 Å². The van der Waals surface area contributed by atoms with Crippen LogP contribution in [0.5, 0.6) is 0 Å². The van der Waals surface area contributed by atoms with Gasteiger partial charge in [0, 0.05) is 31.9 Å². The Morgan fingerprint density at radius 1 is 1.21 bits per heavy atom. The third-order valence-electron chi connectivity index (χ3n) is 4.46. The Bertz CT molecular complexity index is 1020. The SMILES string of the molecule is CCn1c(SCC(=O)Nc2ccc(N(C)C)c(Cl)c2)nnc1-c1ccccc1C. The topological polar surface area (TPSA) is 63.1 Å². The smallest absolute Gasteiger partial charge is 0.234 e. The molecule has 0 fully saturated rings. The number of aromatic nitrogens is 3. The summed E-state index contributed by atoms with van der Waals surface area (Å²) in [7, 11) is 3.84. The van der Waals surface area contributed by atoms with Crippen LogP contribution in [0.2, 0.25) is 5.02 Å². The van der Waals surface area contributed by atoms with Crippen LogP contribution in [0.25, 0.3) is 11.4 Å². The molecule has 0 aliphatic rings. The maximum Gasteiger partial charge on any atom is 0.234 e. The van der Waals surface area contributed by atoms with Gasteiger partial charge in [-0.1, -0.05) is 47.6 Å². The number of anilines is 2. The summed E-state index contributed by atoms with van der Waals surface area (Å²) in [5.41, 5.74) is 3.76. The second kappa shape index (κ2) is 9.33. The Kier molecular flexibility index (Phi) is 6.82. The van der Waals surface area contributed by atoms with Gasteiger partial charge in [-0.25, -0.2) is 0 Å². The van der Waals surface area contributed by atoms with Crippen molar-refractivity contribution >= 4 is 40.6 Å². The van der Waals surface area contributed by atoms with Gasteiger partial charge in [-0.15, -0.1) is 10.2 Å². The lowest BCUT2D eigenvalue weighted by molar-refractivity contribution is -0.113. The third kappa shape index (κ3) is 4.92. The molecule has 8 heteroatoms. The van der Waals surface area contributed by atoms with Gasteiger partial charge >= 0.3 is 0 Å². The summed E-state index contributed by atoms with van der Waals surface area (Å²) >= 11 is 7.64. The molecular formula is C21H24ClN5OS. The van der Waals surface area contributed by atoms with E-state index in [0.717, 1.165) is 34.3 Å². The fourth-order valence-corrected chi connectivity index (χ4v) is 4.13. The molecule has 0 bridgehead atoms. The van der Waals surface area contributed by atoms with Crippen molar-refractivity contribution in [1.82, 2.24) is 14.8 Å². The van der Waals surface area contributed by atoms with Crippen LogP contribution in [0.4, 0.5) is 11.4 Å². The van der Waals surface area contributed by atoms with Crippen LogP contribution in [0, 0.1) is 6.92 Å². The fourth-order valence-electron chi connectivity index (χ4n) is 2.98. The zero-order chi connectivity index (χ0) is 21.0. The molecular weight excluding hydrogens is 406 g/mol. The van der Waals surface area contributed by atoms with Gasteiger partial charge in [0.2, 0.25) is 5.91 Å². The minimum Gasteiger partial charge on any atom is -0.376 e. The molecule has 2 aromatic carbocycles. The highest BCUT2D eigenvalue weighted by Gasteiger charge is 2.16. The number of rotatable bonds is 7. The molecule has 29 heavy (non-hydrogen) atoms. The Balaban J connectivity index is 1.68. The van der Waals surface area contributed by atoms with Crippen molar-refractivity contribution in [3.05, 3.63) is 53.1 Å². The van der Waals surface area contributed by atoms with Gasteiger partial charge in [0.1, 0.15) is 0 Å². The normalized spacial score (nSPS) is 10.8. The fraction of sp³-hybridized carbons (Fsp3) is 0.286. The van der Waals surface area contributed by atoms with E-state index in [1.54, 1.807) is 6.07 Å². The third-order valence-corrected chi connectivity index (χ3v) is 5.73. The highest BCUT2D eigenvalue weighted by atomic mass is 35.5. The van der Waals surface area contributed by atoms with Crippen molar-refractivity contribution in [2.24, 2.45) is 0 Å². The summed E-state index contributed by atoms with van der Waals surface area (Å²) in [5.74, 6) is 0.935. The summed E-state index contributed by atoms with van der Waals surface area (Å²) in [6, 6.07) is 13.6. The number of carbonyl (C=O) groups excluding carboxylic acids is 1. The summed E-state index contributed by atoms with van der Waals surface area (Å²) in [6.07, 6.45) is 0. The molecule has 0 radical (unpaired) electrons. The van der Waals surface area contributed by atoms with Gasteiger partial charge in [0.15, 0.2) is 11.0 Å². The van der Waals surface area contributed by atoms with Crippen LogP contribution in [0.15, 0.2) is 47.6 Å². The van der Waals surface area contributed by atoms with Gasteiger partial charge in [-0.05, 0) is 37.6 Å². The minimum absolute atomic E-state index is 0.119. The second-order valence-corrected chi connectivity index (χ2v) is 8.11. The number of nitrogens with zero attached hydrogens (tertiary/aromatic N) is 4. The standard InChI is InChI=1S/C21H24ClN5OS/c1-5-27-20(16-9-7-6-8-14(16)2)24-25-21(27)29-13-19(28)23-15-10-11-18(26(3)4)17(22)12-15/h6-12H,5,13H2,1-4H3,(H,23,28). The molecule has 1 heterocycles. The van der Waals surface area contributed by atoms with Crippen LogP contribution in [-0.2, 0) is 11.3 Å². The molecule has 0 saturated heterocycles. The maximum atomic E-state index is 12.4. The van der Waals surface area contributed by atoms with E-state index in [-0.39, 0.29) is 11.7 Å². The molecule has 0 spiro atoms. The monoisotopic (exact) mass is 429 g/mol. The maximum absolute atomic E-state index is 12.4. The van der Waals surface area contributed by atoms with E-state index in [2.05, 4.69) is 28.5 Å². The second-order valence-electron chi connectivity index (χ2n) is 6.76. The first-order chi connectivity index (χ1) is 13.9. The van der Waals surface area contributed by atoms with Gasteiger partial charge in [0.25, 0.3) is 0 Å². The summed E-state index contributed by atoms with van der Waals surface area (Å²) < 4.78 is 2.03. The van der Waals surface area contributed by atoms with Crippen LogP contribution in [0.1, 0.15) is 12.5 Å². The van der Waals surface area contributed by atoms with E-state index in [1.807, 2.05) is 60.8 Å². The van der Waals surface area contributed by atoms with Crippen LogP contribution in [0.3, 0.4) is 0 Å². The van der Waals surface area contributed by atoms with E-state index in [1.165, 1.54) is 11.8 Å². The van der Waals surface area contributed by atoms with Crippen LogP contribution >= 0.6 is 23.4 Å². The first-order valence-electron chi connectivity index (χ1n) is 9.29. The molecule has 152 valence electrons. The molecule has 0 aliphatic heterocycles. The molecule has 1 aromatic heterocycles. The van der Waals surface area contributed by atoms with Crippen LogP contribution in [-0.4, -0.2) is 40.5 Å². The van der Waals surface area contributed by atoms with E-state index in [0.29, 0.717) is 10.7 Å². The van der Waals surface area contributed by atoms with Crippen molar-refractivity contribution in [2.45, 2.75) is 25.5 Å². The molecule has 0 saturated carbocycles. The largest absolute Gasteiger partial charge is 0.376 e. The van der Waals surface area contributed by atoms with Gasteiger partial charge in [0.05, 0.1) is 16.5 Å². The molecule has 0 aliphatic carbocycles. The zero-order valence-corrected chi connectivity index (χ0v) is 18.5. The Hall–Kier alpha value is -2.51. The predicted molar refractivity (Wildman–Crippen MR) is 121 cm³/mol. The molecule has 3 rings (SSSR count). The van der Waals surface area contributed by atoms with Crippen molar-refractivity contribution in [1.29, 1.82) is 0 Å². The number of carbonyl (C=O) groups is 1. The zero-order valence-electron chi connectivity index (χ0n) is 16.9. The van der Waals surface area contributed by atoms with E-state index >= 15 is 0 Å².